The summed E-state index contributed by atoms with van der Waals surface area (Å²) < 4.78 is 5.21. The maximum Gasteiger partial charge on any atom is 0.315 e. The molecule has 8 heteroatoms. The summed E-state index contributed by atoms with van der Waals surface area (Å²) >= 11 is 0. The Morgan fingerprint density at radius 3 is 2.46 bits per heavy atom. The number of nitrogens with one attached hydrogen (secondary N) is 2. The summed E-state index contributed by atoms with van der Waals surface area (Å²) in [4.78, 5) is 38.6. The zero-order valence-electron chi connectivity index (χ0n) is 14.1. The predicted molar refractivity (Wildman–Crippen MR) is 87.1 cm³/mol. The zero-order chi connectivity index (χ0) is 17.5. The van der Waals surface area contributed by atoms with Gasteiger partial charge in [-0.15, -0.1) is 0 Å². The quantitative estimate of drug-likeness (QED) is 0.828. The van der Waals surface area contributed by atoms with Gasteiger partial charge in [-0.1, -0.05) is 0 Å². The van der Waals surface area contributed by atoms with E-state index in [0.717, 1.165) is 0 Å². The highest BCUT2D eigenvalue weighted by molar-refractivity contribution is 5.79. The molecule has 1 unspecified atom stereocenters. The van der Waals surface area contributed by atoms with Crippen molar-refractivity contribution in [2.45, 2.75) is 26.3 Å². The van der Waals surface area contributed by atoms with Crippen molar-refractivity contribution in [2.75, 3.05) is 32.7 Å². The van der Waals surface area contributed by atoms with Gasteiger partial charge < -0.3 is 24.9 Å². The molecule has 2 rings (SSSR count). The van der Waals surface area contributed by atoms with Crippen molar-refractivity contribution in [1.29, 1.82) is 0 Å². The Kier molecular flexibility index (Phi) is 6.22. The lowest BCUT2D eigenvalue weighted by Gasteiger charge is -2.34. The molecule has 0 aliphatic carbocycles. The fraction of sp³-hybridized carbons (Fsp3) is 0.562. The monoisotopic (exact) mass is 336 g/mol. The lowest BCUT2D eigenvalue weighted by Crippen LogP contribution is -2.50. The first-order valence-corrected chi connectivity index (χ1v) is 8.08. The van der Waals surface area contributed by atoms with Crippen LogP contribution in [0.15, 0.2) is 22.8 Å². The summed E-state index contributed by atoms with van der Waals surface area (Å²) in [6.45, 7) is 5.83. The minimum atomic E-state index is -0.340. The number of furan rings is 1. The van der Waals surface area contributed by atoms with E-state index < -0.39 is 0 Å². The van der Waals surface area contributed by atoms with Gasteiger partial charge in [0.15, 0.2) is 0 Å². The van der Waals surface area contributed by atoms with Gasteiger partial charge in [0, 0.05) is 46.1 Å². The molecule has 0 saturated carbocycles. The van der Waals surface area contributed by atoms with Gasteiger partial charge in [-0.2, -0.15) is 0 Å². The summed E-state index contributed by atoms with van der Waals surface area (Å²) in [5.41, 5.74) is 0. The van der Waals surface area contributed by atoms with Crippen LogP contribution in [0.2, 0.25) is 0 Å². The van der Waals surface area contributed by atoms with Gasteiger partial charge in [-0.25, -0.2) is 4.79 Å². The Morgan fingerprint density at radius 1 is 1.21 bits per heavy atom. The van der Waals surface area contributed by atoms with E-state index in [1.54, 1.807) is 28.2 Å². The fourth-order valence-electron chi connectivity index (χ4n) is 2.57. The van der Waals surface area contributed by atoms with Crippen molar-refractivity contribution < 1.29 is 18.8 Å². The third-order valence-electron chi connectivity index (χ3n) is 4.02. The molecule has 1 aromatic rings. The van der Waals surface area contributed by atoms with Crippen molar-refractivity contribution in [3.8, 4) is 0 Å². The summed E-state index contributed by atoms with van der Waals surface area (Å²) in [6, 6.07) is 2.97. The standard InChI is InChI=1S/C16H24N4O4/c1-12(14-4-3-11-24-14)18-16(23)17-6-5-15(22)20-9-7-19(8-10-20)13(2)21/h3-4,11-12H,5-10H2,1-2H3,(H2,17,18,23). The Labute approximate surface area is 141 Å². The van der Waals surface area contributed by atoms with E-state index in [4.69, 9.17) is 4.42 Å². The first kappa shape index (κ1) is 17.8. The molecule has 1 aliphatic rings. The fourth-order valence-corrected chi connectivity index (χ4v) is 2.57. The van der Waals surface area contributed by atoms with Crippen LogP contribution in [0.1, 0.15) is 32.1 Å². The van der Waals surface area contributed by atoms with Crippen LogP contribution < -0.4 is 10.6 Å². The van der Waals surface area contributed by atoms with Gasteiger partial charge in [0.05, 0.1) is 12.3 Å². The van der Waals surface area contributed by atoms with Crippen LogP contribution >= 0.6 is 0 Å². The molecule has 4 amide bonds. The second-order valence-corrected chi connectivity index (χ2v) is 5.77. The van der Waals surface area contributed by atoms with E-state index in [0.29, 0.717) is 31.9 Å². The smallest absolute Gasteiger partial charge is 0.315 e. The highest BCUT2D eigenvalue weighted by Gasteiger charge is 2.22. The Balaban J connectivity index is 1.64. The molecule has 1 aliphatic heterocycles. The largest absolute Gasteiger partial charge is 0.467 e. The molecule has 1 fully saturated rings. The van der Waals surface area contributed by atoms with Gasteiger partial charge in [0.2, 0.25) is 11.8 Å². The van der Waals surface area contributed by atoms with Crippen molar-refractivity contribution in [3.05, 3.63) is 24.2 Å². The Hall–Kier alpha value is -2.51. The van der Waals surface area contributed by atoms with Crippen molar-refractivity contribution in [1.82, 2.24) is 20.4 Å². The van der Waals surface area contributed by atoms with E-state index >= 15 is 0 Å². The van der Waals surface area contributed by atoms with Gasteiger partial charge in [-0.05, 0) is 19.1 Å². The number of hydrogen-bond donors (Lipinski definition) is 2. The van der Waals surface area contributed by atoms with Crippen LogP contribution in [-0.2, 0) is 9.59 Å². The molecule has 2 heterocycles. The van der Waals surface area contributed by atoms with Crippen LogP contribution in [-0.4, -0.2) is 60.4 Å². The molecular formula is C16H24N4O4. The highest BCUT2D eigenvalue weighted by Crippen LogP contribution is 2.11. The minimum Gasteiger partial charge on any atom is -0.467 e. The predicted octanol–water partition coefficient (Wildman–Crippen LogP) is 0.721. The van der Waals surface area contributed by atoms with Gasteiger partial charge >= 0.3 is 6.03 Å². The molecule has 1 atom stereocenters. The average Bonchev–Trinajstić information content (AvgIpc) is 3.09. The molecule has 1 aromatic heterocycles. The number of piperazine rings is 1. The molecule has 0 radical (unpaired) electrons. The van der Waals surface area contributed by atoms with Crippen LogP contribution in [0.4, 0.5) is 4.79 Å². The molecule has 0 aromatic carbocycles. The van der Waals surface area contributed by atoms with Gasteiger partial charge in [0.25, 0.3) is 0 Å². The second-order valence-electron chi connectivity index (χ2n) is 5.77. The topological polar surface area (TPSA) is 94.9 Å². The first-order valence-electron chi connectivity index (χ1n) is 8.08. The summed E-state index contributed by atoms with van der Waals surface area (Å²) in [5, 5.41) is 5.41. The van der Waals surface area contributed by atoms with Crippen LogP contribution in [0.3, 0.4) is 0 Å². The van der Waals surface area contributed by atoms with Crippen LogP contribution in [0.25, 0.3) is 0 Å². The lowest BCUT2D eigenvalue weighted by atomic mass is 10.2. The number of amides is 4. The normalized spacial score (nSPS) is 15.8. The highest BCUT2D eigenvalue weighted by atomic mass is 16.3. The van der Waals surface area contributed by atoms with Crippen molar-refractivity contribution >= 4 is 17.8 Å². The minimum absolute atomic E-state index is 0.0161. The van der Waals surface area contributed by atoms with E-state index in [1.165, 1.54) is 6.92 Å². The van der Waals surface area contributed by atoms with E-state index in [-0.39, 0.29) is 36.9 Å². The van der Waals surface area contributed by atoms with Gasteiger partial charge in [-0.3, -0.25) is 9.59 Å². The van der Waals surface area contributed by atoms with E-state index in [1.807, 2.05) is 6.92 Å². The van der Waals surface area contributed by atoms with Crippen molar-refractivity contribution in [2.24, 2.45) is 0 Å². The maximum atomic E-state index is 12.1. The molecule has 2 N–H and O–H groups in total. The van der Waals surface area contributed by atoms with Crippen LogP contribution in [0, 0.1) is 0 Å². The Morgan fingerprint density at radius 2 is 1.88 bits per heavy atom. The third-order valence-corrected chi connectivity index (χ3v) is 4.02. The van der Waals surface area contributed by atoms with Crippen molar-refractivity contribution in [3.63, 3.8) is 0 Å². The number of rotatable bonds is 5. The molecule has 132 valence electrons. The number of urea groups is 1. The van der Waals surface area contributed by atoms with E-state index in [2.05, 4.69) is 10.6 Å². The Bertz CT molecular complexity index is 565. The molecule has 1 saturated heterocycles. The first-order chi connectivity index (χ1) is 11.5. The van der Waals surface area contributed by atoms with Gasteiger partial charge in [0.1, 0.15) is 5.76 Å². The number of hydrogen-bond acceptors (Lipinski definition) is 4. The summed E-state index contributed by atoms with van der Waals surface area (Å²) in [6.07, 6.45) is 1.79. The summed E-state index contributed by atoms with van der Waals surface area (Å²) in [5.74, 6) is 0.688. The lowest BCUT2D eigenvalue weighted by molar-refractivity contribution is -0.138. The molecule has 0 bridgehead atoms. The average molecular weight is 336 g/mol. The van der Waals surface area contributed by atoms with E-state index in [9.17, 15) is 14.4 Å². The SMILES string of the molecule is CC(=O)N1CCN(C(=O)CCNC(=O)NC(C)c2ccco2)CC1. The molecular weight excluding hydrogens is 312 g/mol. The second kappa shape index (κ2) is 8.37. The number of carbonyl (C=O) groups is 3. The van der Waals surface area contributed by atoms with Crippen LogP contribution in [0.5, 0.6) is 0 Å². The maximum absolute atomic E-state index is 12.1. The molecule has 0 spiro atoms. The molecule has 8 nitrogen and oxygen atoms in total. The molecule has 24 heavy (non-hydrogen) atoms. The zero-order valence-corrected chi connectivity index (χ0v) is 14.1. The number of nitrogens with zero attached hydrogens (tertiary/aromatic N) is 2. The third kappa shape index (κ3) is 5.00. The summed E-state index contributed by atoms with van der Waals surface area (Å²) in [7, 11) is 0. The number of carbonyl (C=O) groups excluding carboxylic acids is 3.